The molecule has 1 saturated carbocycles. The van der Waals surface area contributed by atoms with Crippen LogP contribution in [-0.4, -0.2) is 19.5 Å². The summed E-state index contributed by atoms with van der Waals surface area (Å²) in [5, 5.41) is 1.12. The van der Waals surface area contributed by atoms with Gasteiger partial charge in [0.1, 0.15) is 5.65 Å². The molecule has 0 aliphatic heterocycles. The number of aromatic nitrogens is 4. The summed E-state index contributed by atoms with van der Waals surface area (Å²) in [7, 11) is 0. The molecule has 5 rings (SSSR count). The normalized spacial score (nSPS) is 13.9. The van der Waals surface area contributed by atoms with Crippen LogP contribution in [0.5, 0.6) is 0 Å². The van der Waals surface area contributed by atoms with Gasteiger partial charge in [0.05, 0.1) is 0 Å². The molecule has 3 heterocycles. The van der Waals surface area contributed by atoms with Gasteiger partial charge in [-0.2, -0.15) is 0 Å². The largest absolute Gasteiger partial charge is 0.332 e. The first kappa shape index (κ1) is 16.2. The van der Waals surface area contributed by atoms with Gasteiger partial charge < -0.3 is 4.57 Å². The second-order valence-corrected chi connectivity index (χ2v) is 7.31. The number of pyridine rings is 1. The van der Waals surface area contributed by atoms with Crippen LogP contribution in [0.15, 0.2) is 67.3 Å². The molecule has 4 heteroatoms. The van der Waals surface area contributed by atoms with E-state index in [-0.39, 0.29) is 0 Å². The number of hydrogen-bond acceptors (Lipinski definition) is 3. The molecule has 1 aliphatic rings. The molecule has 4 nitrogen and oxygen atoms in total. The van der Waals surface area contributed by atoms with Gasteiger partial charge in [-0.25, -0.2) is 15.0 Å². The van der Waals surface area contributed by atoms with Gasteiger partial charge in [-0.3, -0.25) is 0 Å². The van der Waals surface area contributed by atoms with Crippen LogP contribution in [-0.2, 0) is 13.0 Å². The third-order valence-electron chi connectivity index (χ3n) is 5.30. The Morgan fingerprint density at radius 3 is 2.52 bits per heavy atom. The van der Waals surface area contributed by atoms with Crippen molar-refractivity contribution in [3.63, 3.8) is 0 Å². The third kappa shape index (κ3) is 3.35. The molecule has 0 radical (unpaired) electrons. The van der Waals surface area contributed by atoms with Crippen molar-refractivity contribution in [1.82, 2.24) is 19.5 Å². The van der Waals surface area contributed by atoms with E-state index in [1.165, 1.54) is 24.0 Å². The molecule has 1 fully saturated rings. The van der Waals surface area contributed by atoms with Gasteiger partial charge in [-0.15, -0.1) is 0 Å². The third-order valence-corrected chi connectivity index (χ3v) is 5.30. The SMILES string of the molecule is c1ccc(CCCn2cc(-c3ncc(C4CC4)cn3)c3cccnc32)cc1. The molecule has 0 atom stereocenters. The van der Waals surface area contributed by atoms with E-state index >= 15 is 0 Å². The second kappa shape index (κ2) is 6.95. The predicted molar refractivity (Wildman–Crippen MR) is 107 cm³/mol. The molecule has 0 saturated heterocycles. The molecule has 0 N–H and O–H groups in total. The van der Waals surface area contributed by atoms with Crippen LogP contribution in [0.1, 0.15) is 36.3 Å². The minimum absolute atomic E-state index is 0.681. The highest BCUT2D eigenvalue weighted by Gasteiger charge is 2.24. The zero-order valence-electron chi connectivity index (χ0n) is 15.3. The minimum atomic E-state index is 0.681. The lowest BCUT2D eigenvalue weighted by Gasteiger charge is -2.04. The Morgan fingerprint density at radius 2 is 1.74 bits per heavy atom. The van der Waals surface area contributed by atoms with Crippen molar-refractivity contribution in [1.29, 1.82) is 0 Å². The number of fused-ring (bicyclic) bond motifs is 1. The lowest BCUT2D eigenvalue weighted by molar-refractivity contribution is 0.658. The van der Waals surface area contributed by atoms with Crippen molar-refractivity contribution in [3.8, 4) is 11.4 Å². The first-order valence-corrected chi connectivity index (χ1v) is 9.68. The van der Waals surface area contributed by atoms with Gasteiger partial charge in [-0.1, -0.05) is 30.3 Å². The number of hydrogen-bond donors (Lipinski definition) is 0. The standard InChI is InChI=1S/C23H22N4/c1-2-6-17(7-3-1)8-5-13-27-16-21(20-9-4-12-24-23(20)27)22-25-14-19(15-26-22)18-10-11-18/h1-4,6-7,9,12,14-16,18H,5,8,10-11,13H2. The molecule has 0 spiro atoms. The summed E-state index contributed by atoms with van der Waals surface area (Å²) >= 11 is 0. The van der Waals surface area contributed by atoms with Crippen molar-refractivity contribution in [2.24, 2.45) is 0 Å². The fraction of sp³-hybridized carbons (Fsp3) is 0.261. The fourth-order valence-electron chi connectivity index (χ4n) is 3.67. The lowest BCUT2D eigenvalue weighted by Crippen LogP contribution is -1.99. The summed E-state index contributed by atoms with van der Waals surface area (Å²) in [6, 6.07) is 14.7. The van der Waals surface area contributed by atoms with Crippen LogP contribution in [0.25, 0.3) is 22.4 Å². The molecule has 134 valence electrons. The molecule has 4 aromatic rings. The maximum absolute atomic E-state index is 4.65. The van der Waals surface area contributed by atoms with Crippen LogP contribution in [0.2, 0.25) is 0 Å². The number of benzene rings is 1. The van der Waals surface area contributed by atoms with Gasteiger partial charge in [0.15, 0.2) is 5.82 Å². The average molecular weight is 354 g/mol. The van der Waals surface area contributed by atoms with Crippen molar-refractivity contribution >= 4 is 11.0 Å². The second-order valence-electron chi connectivity index (χ2n) is 7.31. The topological polar surface area (TPSA) is 43.6 Å². The fourth-order valence-corrected chi connectivity index (χ4v) is 3.67. The van der Waals surface area contributed by atoms with Gasteiger partial charge >= 0.3 is 0 Å². The number of nitrogens with zero attached hydrogens (tertiary/aromatic N) is 4. The van der Waals surface area contributed by atoms with E-state index in [0.717, 1.165) is 41.8 Å². The highest BCUT2D eigenvalue weighted by molar-refractivity contribution is 5.92. The Morgan fingerprint density at radius 1 is 0.926 bits per heavy atom. The Labute approximate surface area is 158 Å². The van der Waals surface area contributed by atoms with Crippen LogP contribution in [0.3, 0.4) is 0 Å². The summed E-state index contributed by atoms with van der Waals surface area (Å²) in [6.45, 7) is 0.933. The molecule has 0 amide bonds. The van der Waals surface area contributed by atoms with E-state index in [0.29, 0.717) is 5.92 Å². The Kier molecular flexibility index (Phi) is 4.17. The Bertz CT molecular complexity index is 1050. The highest BCUT2D eigenvalue weighted by atomic mass is 15.0. The molecule has 27 heavy (non-hydrogen) atoms. The predicted octanol–water partition coefficient (Wildman–Crippen LogP) is 5.00. The quantitative estimate of drug-likeness (QED) is 0.489. The van der Waals surface area contributed by atoms with Crippen LogP contribution < -0.4 is 0 Å². The number of rotatable bonds is 6. The molecule has 0 unspecified atom stereocenters. The summed E-state index contributed by atoms with van der Waals surface area (Å²) in [5.41, 5.74) is 4.72. The summed E-state index contributed by atoms with van der Waals surface area (Å²) in [4.78, 5) is 13.9. The van der Waals surface area contributed by atoms with Crippen LogP contribution in [0, 0.1) is 0 Å². The van der Waals surface area contributed by atoms with Crippen molar-refractivity contribution in [3.05, 3.63) is 78.4 Å². The van der Waals surface area contributed by atoms with E-state index < -0.39 is 0 Å². The highest BCUT2D eigenvalue weighted by Crippen LogP contribution is 2.39. The van der Waals surface area contributed by atoms with E-state index in [9.17, 15) is 0 Å². The molecule has 1 aromatic carbocycles. The van der Waals surface area contributed by atoms with Gasteiger partial charge in [0.25, 0.3) is 0 Å². The average Bonchev–Trinajstić information content (AvgIpc) is 3.52. The summed E-state index contributed by atoms with van der Waals surface area (Å²) in [5.74, 6) is 1.47. The monoisotopic (exact) mass is 354 g/mol. The molecular weight excluding hydrogens is 332 g/mol. The smallest absolute Gasteiger partial charge is 0.161 e. The molecule has 0 bridgehead atoms. The Balaban J connectivity index is 1.41. The van der Waals surface area contributed by atoms with E-state index in [1.54, 1.807) is 0 Å². The van der Waals surface area contributed by atoms with Crippen LogP contribution >= 0.6 is 0 Å². The van der Waals surface area contributed by atoms with Gasteiger partial charge in [0, 0.05) is 42.3 Å². The lowest BCUT2D eigenvalue weighted by atomic mass is 10.1. The van der Waals surface area contributed by atoms with E-state index in [4.69, 9.17) is 0 Å². The minimum Gasteiger partial charge on any atom is -0.332 e. The van der Waals surface area contributed by atoms with Crippen molar-refractivity contribution in [2.45, 2.75) is 38.1 Å². The molecular formula is C23H22N4. The molecule has 1 aliphatic carbocycles. The zero-order chi connectivity index (χ0) is 18.1. The van der Waals surface area contributed by atoms with Gasteiger partial charge in [0.2, 0.25) is 0 Å². The van der Waals surface area contributed by atoms with E-state index in [1.807, 2.05) is 24.7 Å². The summed E-state index contributed by atoms with van der Waals surface area (Å²) in [6.07, 6.45) is 12.7. The van der Waals surface area contributed by atoms with Crippen molar-refractivity contribution < 1.29 is 0 Å². The maximum atomic E-state index is 4.65. The maximum Gasteiger partial charge on any atom is 0.161 e. The Hall–Kier alpha value is -3.01. The van der Waals surface area contributed by atoms with Crippen molar-refractivity contribution in [2.75, 3.05) is 0 Å². The summed E-state index contributed by atoms with van der Waals surface area (Å²) < 4.78 is 2.24. The van der Waals surface area contributed by atoms with Crippen LogP contribution in [0.4, 0.5) is 0 Å². The van der Waals surface area contributed by atoms with Gasteiger partial charge in [-0.05, 0) is 54.9 Å². The first-order valence-electron chi connectivity index (χ1n) is 9.68. The van der Waals surface area contributed by atoms with E-state index in [2.05, 4.69) is 62.1 Å². The molecule has 3 aromatic heterocycles. The number of aryl methyl sites for hydroxylation is 2. The zero-order valence-corrected chi connectivity index (χ0v) is 15.3. The first-order chi connectivity index (χ1) is 13.4.